The van der Waals surface area contributed by atoms with E-state index in [9.17, 15) is 0 Å². The van der Waals surface area contributed by atoms with E-state index in [1.807, 2.05) is 6.92 Å². The molecular weight excluding hydrogens is 170 g/mol. The van der Waals surface area contributed by atoms with Crippen LogP contribution in [0.15, 0.2) is 4.42 Å². The van der Waals surface area contributed by atoms with Crippen molar-refractivity contribution in [1.82, 2.24) is 15.5 Å². The van der Waals surface area contributed by atoms with Crippen molar-refractivity contribution in [2.24, 2.45) is 5.92 Å². The van der Waals surface area contributed by atoms with Gasteiger partial charge < -0.3 is 14.8 Å². The molecule has 1 atom stereocenters. The van der Waals surface area contributed by atoms with E-state index in [2.05, 4.69) is 15.5 Å². The molecule has 0 amide bonds. The molecule has 0 aliphatic heterocycles. The molecule has 0 aliphatic rings. The third-order valence-electron chi connectivity index (χ3n) is 1.65. The number of aliphatic hydroxyl groups is 1. The van der Waals surface area contributed by atoms with Crippen molar-refractivity contribution in [1.29, 1.82) is 0 Å². The molecule has 1 unspecified atom stereocenters. The van der Waals surface area contributed by atoms with Crippen LogP contribution in [-0.2, 0) is 6.54 Å². The summed E-state index contributed by atoms with van der Waals surface area (Å²) in [5.74, 6) is 1.42. The van der Waals surface area contributed by atoms with Gasteiger partial charge in [0.2, 0.25) is 11.8 Å². The predicted molar refractivity (Wildman–Crippen MR) is 47.0 cm³/mol. The minimum atomic E-state index is 0.190. The van der Waals surface area contributed by atoms with Crippen molar-refractivity contribution < 1.29 is 9.52 Å². The highest BCUT2D eigenvalue weighted by molar-refractivity contribution is 4.77. The van der Waals surface area contributed by atoms with Crippen LogP contribution in [0, 0.1) is 12.8 Å². The summed E-state index contributed by atoms with van der Waals surface area (Å²) < 4.78 is 5.15. The lowest BCUT2D eigenvalue weighted by molar-refractivity contribution is 0.232. The average molecular weight is 185 g/mol. The lowest BCUT2D eigenvalue weighted by Crippen LogP contribution is -2.22. The Kier molecular flexibility index (Phi) is 3.85. The fourth-order valence-electron chi connectivity index (χ4n) is 0.899. The van der Waals surface area contributed by atoms with Crippen LogP contribution in [0.25, 0.3) is 0 Å². The van der Waals surface area contributed by atoms with Gasteiger partial charge in [0, 0.05) is 20.1 Å². The molecular formula is C8H15N3O2. The quantitative estimate of drug-likeness (QED) is 0.680. The van der Waals surface area contributed by atoms with E-state index in [0.717, 1.165) is 6.54 Å². The molecule has 0 saturated heterocycles. The van der Waals surface area contributed by atoms with Gasteiger partial charge in [0.25, 0.3) is 0 Å². The number of hydrogen-bond acceptors (Lipinski definition) is 5. The number of nitrogens with zero attached hydrogens (tertiary/aromatic N) is 2. The van der Waals surface area contributed by atoms with Gasteiger partial charge in [-0.15, -0.1) is 10.2 Å². The average Bonchev–Trinajstić information content (AvgIpc) is 2.51. The molecule has 2 N–H and O–H groups in total. The summed E-state index contributed by atoms with van der Waals surface area (Å²) in [6, 6.07) is 0. The van der Waals surface area contributed by atoms with Crippen LogP contribution in [0.1, 0.15) is 18.7 Å². The molecule has 5 nitrogen and oxygen atoms in total. The number of hydrogen-bond donors (Lipinski definition) is 2. The van der Waals surface area contributed by atoms with Crippen LogP contribution in [0.3, 0.4) is 0 Å². The van der Waals surface area contributed by atoms with Gasteiger partial charge >= 0.3 is 0 Å². The zero-order chi connectivity index (χ0) is 9.68. The normalized spacial score (nSPS) is 13.2. The standard InChI is InChI=1S/C8H15N3O2/c1-6(5-12)3-9-4-8-11-10-7(2)13-8/h6,9,12H,3-5H2,1-2H3. The van der Waals surface area contributed by atoms with Crippen LogP contribution in [0.5, 0.6) is 0 Å². The third kappa shape index (κ3) is 3.52. The fourth-order valence-corrected chi connectivity index (χ4v) is 0.899. The Bertz CT molecular complexity index is 249. The van der Waals surface area contributed by atoms with Gasteiger partial charge in [-0.25, -0.2) is 0 Å². The molecule has 0 fully saturated rings. The summed E-state index contributed by atoms with van der Waals surface area (Å²) in [4.78, 5) is 0. The van der Waals surface area contributed by atoms with Gasteiger partial charge in [-0.2, -0.15) is 0 Å². The summed E-state index contributed by atoms with van der Waals surface area (Å²) >= 11 is 0. The minimum Gasteiger partial charge on any atom is -0.424 e. The van der Waals surface area contributed by atoms with Crippen LogP contribution >= 0.6 is 0 Å². The smallest absolute Gasteiger partial charge is 0.230 e. The van der Waals surface area contributed by atoms with Crippen LogP contribution in [0.2, 0.25) is 0 Å². The van der Waals surface area contributed by atoms with E-state index in [1.165, 1.54) is 0 Å². The molecule has 5 heteroatoms. The molecule has 13 heavy (non-hydrogen) atoms. The van der Waals surface area contributed by atoms with Crippen molar-refractivity contribution in [3.8, 4) is 0 Å². The van der Waals surface area contributed by atoms with E-state index in [-0.39, 0.29) is 12.5 Å². The molecule has 0 saturated carbocycles. The first-order chi connectivity index (χ1) is 6.22. The van der Waals surface area contributed by atoms with E-state index >= 15 is 0 Å². The van der Waals surface area contributed by atoms with Gasteiger partial charge in [-0.1, -0.05) is 6.92 Å². The lowest BCUT2D eigenvalue weighted by atomic mass is 10.2. The minimum absolute atomic E-state index is 0.190. The number of aliphatic hydroxyl groups excluding tert-OH is 1. The van der Waals surface area contributed by atoms with Crippen LogP contribution < -0.4 is 5.32 Å². The second-order valence-corrected chi connectivity index (χ2v) is 3.13. The SMILES string of the molecule is Cc1nnc(CNCC(C)CO)o1. The first-order valence-corrected chi connectivity index (χ1v) is 4.33. The molecule has 1 rings (SSSR count). The number of aryl methyl sites for hydroxylation is 1. The van der Waals surface area contributed by atoms with Crippen molar-refractivity contribution in [3.63, 3.8) is 0 Å². The summed E-state index contributed by atoms with van der Waals surface area (Å²) in [6.07, 6.45) is 0. The lowest BCUT2D eigenvalue weighted by Gasteiger charge is -2.06. The maximum absolute atomic E-state index is 8.74. The summed E-state index contributed by atoms with van der Waals surface area (Å²) in [6.45, 7) is 5.22. The summed E-state index contributed by atoms with van der Waals surface area (Å²) in [7, 11) is 0. The van der Waals surface area contributed by atoms with Gasteiger partial charge in [0.15, 0.2) is 0 Å². The van der Waals surface area contributed by atoms with Crippen molar-refractivity contribution in [2.45, 2.75) is 20.4 Å². The Hall–Kier alpha value is -0.940. The maximum atomic E-state index is 8.74. The molecule has 0 bridgehead atoms. The first-order valence-electron chi connectivity index (χ1n) is 4.33. The Balaban J connectivity index is 2.20. The van der Waals surface area contributed by atoms with Crippen LogP contribution in [0.4, 0.5) is 0 Å². The van der Waals surface area contributed by atoms with Crippen LogP contribution in [-0.4, -0.2) is 28.5 Å². The molecule has 1 heterocycles. The van der Waals surface area contributed by atoms with E-state index in [0.29, 0.717) is 18.3 Å². The highest BCUT2D eigenvalue weighted by Crippen LogP contribution is 1.97. The Morgan fingerprint density at radius 1 is 1.54 bits per heavy atom. The molecule has 0 aliphatic carbocycles. The molecule has 0 radical (unpaired) electrons. The molecule has 74 valence electrons. The summed E-state index contributed by atoms with van der Waals surface area (Å²) in [5, 5.41) is 19.4. The Labute approximate surface area is 77.2 Å². The van der Waals surface area contributed by atoms with Gasteiger partial charge in [0.1, 0.15) is 0 Å². The molecule has 1 aromatic rings. The second-order valence-electron chi connectivity index (χ2n) is 3.13. The Morgan fingerprint density at radius 3 is 2.85 bits per heavy atom. The first kappa shape index (κ1) is 10.1. The molecule has 0 aromatic carbocycles. The molecule has 0 spiro atoms. The van der Waals surface area contributed by atoms with Gasteiger partial charge in [-0.05, 0) is 5.92 Å². The number of nitrogens with one attached hydrogen (secondary N) is 1. The maximum Gasteiger partial charge on any atom is 0.230 e. The van der Waals surface area contributed by atoms with Crippen molar-refractivity contribution in [2.75, 3.05) is 13.2 Å². The second kappa shape index (κ2) is 4.94. The van der Waals surface area contributed by atoms with E-state index in [4.69, 9.17) is 9.52 Å². The summed E-state index contributed by atoms with van der Waals surface area (Å²) in [5.41, 5.74) is 0. The third-order valence-corrected chi connectivity index (χ3v) is 1.65. The van der Waals surface area contributed by atoms with Gasteiger partial charge in [0.05, 0.1) is 6.54 Å². The zero-order valence-corrected chi connectivity index (χ0v) is 7.95. The van der Waals surface area contributed by atoms with E-state index in [1.54, 1.807) is 6.92 Å². The fraction of sp³-hybridized carbons (Fsp3) is 0.750. The zero-order valence-electron chi connectivity index (χ0n) is 7.95. The highest BCUT2D eigenvalue weighted by Gasteiger charge is 2.03. The van der Waals surface area contributed by atoms with E-state index < -0.39 is 0 Å². The van der Waals surface area contributed by atoms with Crippen molar-refractivity contribution >= 4 is 0 Å². The largest absolute Gasteiger partial charge is 0.424 e. The highest BCUT2D eigenvalue weighted by atomic mass is 16.4. The topological polar surface area (TPSA) is 71.2 Å². The predicted octanol–water partition coefficient (Wildman–Crippen LogP) is 0.0960. The number of rotatable bonds is 5. The molecule has 1 aromatic heterocycles. The van der Waals surface area contributed by atoms with Crippen molar-refractivity contribution in [3.05, 3.63) is 11.8 Å². The Morgan fingerprint density at radius 2 is 2.31 bits per heavy atom. The monoisotopic (exact) mass is 185 g/mol. The number of aromatic nitrogens is 2. The van der Waals surface area contributed by atoms with Gasteiger partial charge in [-0.3, -0.25) is 0 Å².